The number of carbonyl (C=O) groups is 4. The van der Waals surface area contributed by atoms with E-state index in [0.717, 1.165) is 118 Å². The molecule has 6 heterocycles. The summed E-state index contributed by atoms with van der Waals surface area (Å²) in [6, 6.07) is 7.22. The van der Waals surface area contributed by atoms with Crippen LogP contribution in [-0.2, 0) is 9.59 Å². The predicted molar refractivity (Wildman–Crippen MR) is 211 cm³/mol. The molecule has 1 N–H and O–H groups in total. The first-order valence-electron chi connectivity index (χ1n) is 20.5. The van der Waals surface area contributed by atoms with E-state index in [4.69, 9.17) is 0 Å². The summed E-state index contributed by atoms with van der Waals surface area (Å²) in [6.07, 6.45) is 14.2. The van der Waals surface area contributed by atoms with Gasteiger partial charge in [-0.1, -0.05) is 6.07 Å². The zero-order valence-electron chi connectivity index (χ0n) is 32.5. The fourth-order valence-corrected chi connectivity index (χ4v) is 9.73. The van der Waals surface area contributed by atoms with Gasteiger partial charge in [0.15, 0.2) is 0 Å². The molecule has 5 amide bonds. The number of hydrogen-bond acceptors (Lipinski definition) is 9. The Morgan fingerprint density at radius 1 is 0.836 bits per heavy atom. The number of fused-ring (bicyclic) bond motifs is 1. The van der Waals surface area contributed by atoms with E-state index in [1.165, 1.54) is 32.1 Å². The van der Waals surface area contributed by atoms with Crippen molar-refractivity contribution in [1.29, 1.82) is 0 Å². The maximum absolute atomic E-state index is 13.6. The van der Waals surface area contributed by atoms with E-state index in [0.29, 0.717) is 29.1 Å². The number of benzene rings is 1. The molecule has 292 valence electrons. The minimum atomic E-state index is -0.430. The van der Waals surface area contributed by atoms with Gasteiger partial charge in [-0.2, -0.15) is 10.2 Å². The highest BCUT2D eigenvalue weighted by atomic mass is 16.2. The lowest BCUT2D eigenvalue weighted by molar-refractivity contribution is -0.137. The number of likely N-dealkylation sites (tertiary alicyclic amines) is 2. The summed E-state index contributed by atoms with van der Waals surface area (Å²) < 4.78 is 0. The highest BCUT2D eigenvalue weighted by Crippen LogP contribution is 2.47. The van der Waals surface area contributed by atoms with Crippen molar-refractivity contribution >= 4 is 46.0 Å². The van der Waals surface area contributed by atoms with Crippen molar-refractivity contribution in [1.82, 2.24) is 35.2 Å². The van der Waals surface area contributed by atoms with Crippen LogP contribution in [0.2, 0.25) is 0 Å². The smallest absolute Gasteiger partial charge is 0.328 e. The number of nitrogens with one attached hydrogen (secondary N) is 1. The van der Waals surface area contributed by atoms with Crippen molar-refractivity contribution in [2.24, 2.45) is 17.3 Å². The van der Waals surface area contributed by atoms with E-state index >= 15 is 0 Å². The van der Waals surface area contributed by atoms with Gasteiger partial charge in [-0.05, 0) is 126 Å². The molecule has 13 nitrogen and oxygen atoms in total. The van der Waals surface area contributed by atoms with Gasteiger partial charge in [-0.25, -0.2) is 9.78 Å². The number of anilines is 2. The van der Waals surface area contributed by atoms with E-state index in [-0.39, 0.29) is 24.2 Å². The molecule has 0 bridgehead atoms. The number of piperidine rings is 2. The molecule has 1 aliphatic carbocycles. The summed E-state index contributed by atoms with van der Waals surface area (Å²) in [7, 11) is 0. The highest BCUT2D eigenvalue weighted by molar-refractivity contribution is 6.06. The predicted octanol–water partition coefficient (Wildman–Crippen LogP) is 4.95. The molecule has 1 aromatic carbocycles. The third kappa shape index (κ3) is 8.03. The van der Waals surface area contributed by atoms with E-state index in [2.05, 4.69) is 41.3 Å². The van der Waals surface area contributed by atoms with Crippen molar-refractivity contribution in [3.05, 3.63) is 53.5 Å². The molecule has 2 aromatic heterocycles. The molecule has 1 spiro atoms. The standard InChI is InChI=1S/C42H55N9O4/c1-29-3-4-33(25-36(29)51-18-10-38(52)45-41(51)55)40(54)49-19-13-42(14-20-49)11-5-31(6-12-42)7-15-47-16-8-32(9-17-47)39(53)50-23-21-48(22-24-50)37-26-34-27-44-46-30(2)35(34)28-43-37/h3-4,25-28,31-32H,5-24H2,1-2H3,(H,45,52,55). The Morgan fingerprint density at radius 3 is 2.31 bits per heavy atom. The van der Waals surface area contributed by atoms with Gasteiger partial charge in [-0.3, -0.25) is 24.6 Å². The molecule has 8 rings (SSSR count). The molecular formula is C42H55N9O4. The zero-order chi connectivity index (χ0) is 38.1. The molecule has 0 radical (unpaired) electrons. The number of pyridine rings is 1. The molecule has 13 heteroatoms. The number of amides is 5. The Balaban J connectivity index is 0.737. The Labute approximate surface area is 323 Å². The molecule has 1 saturated carbocycles. The molecule has 5 aliphatic rings. The maximum atomic E-state index is 13.6. The van der Waals surface area contributed by atoms with Crippen LogP contribution in [0.3, 0.4) is 0 Å². The second-order valence-corrected chi connectivity index (χ2v) is 16.8. The molecule has 0 unspecified atom stereocenters. The lowest BCUT2D eigenvalue weighted by Crippen LogP contribution is -2.52. The number of carbonyl (C=O) groups excluding carboxylic acids is 4. The van der Waals surface area contributed by atoms with Gasteiger partial charge in [0, 0.05) is 86.4 Å². The number of hydrogen-bond donors (Lipinski definition) is 1. The van der Waals surface area contributed by atoms with Crippen molar-refractivity contribution in [3.63, 3.8) is 0 Å². The minimum absolute atomic E-state index is 0.0206. The van der Waals surface area contributed by atoms with Gasteiger partial charge in [-0.15, -0.1) is 0 Å². The van der Waals surface area contributed by atoms with E-state index in [9.17, 15) is 19.2 Å². The lowest BCUT2D eigenvalue weighted by atomic mass is 9.65. The fraction of sp³-hybridized carbons (Fsp3) is 0.595. The summed E-state index contributed by atoms with van der Waals surface area (Å²) in [6.45, 7) is 11.9. The van der Waals surface area contributed by atoms with Crippen molar-refractivity contribution < 1.29 is 19.2 Å². The van der Waals surface area contributed by atoms with Crippen LogP contribution in [-0.4, -0.2) is 119 Å². The van der Waals surface area contributed by atoms with Gasteiger partial charge < -0.3 is 19.6 Å². The summed E-state index contributed by atoms with van der Waals surface area (Å²) in [4.78, 5) is 66.4. The minimum Gasteiger partial charge on any atom is -0.353 e. The third-order valence-electron chi connectivity index (χ3n) is 13.5. The SMILES string of the molecule is Cc1ccc(C(=O)N2CCC3(CCC(CCN4CCC(C(=O)N5CCN(c6cc7cnnc(C)c7cn6)CC5)CC4)CC3)CC2)cc1N1CCC(=O)NC1=O. The van der Waals surface area contributed by atoms with E-state index in [1.54, 1.807) is 11.1 Å². The van der Waals surface area contributed by atoms with Crippen LogP contribution in [0, 0.1) is 31.1 Å². The summed E-state index contributed by atoms with van der Waals surface area (Å²) in [5, 5.41) is 12.7. The van der Waals surface area contributed by atoms with E-state index < -0.39 is 6.03 Å². The number of piperazine rings is 1. The number of rotatable bonds is 7. The first kappa shape index (κ1) is 37.3. The molecule has 55 heavy (non-hydrogen) atoms. The molecule has 4 saturated heterocycles. The number of aryl methyl sites for hydroxylation is 2. The Kier molecular flexibility index (Phi) is 10.7. The second-order valence-electron chi connectivity index (χ2n) is 16.8. The lowest BCUT2D eigenvalue weighted by Gasteiger charge is -2.46. The van der Waals surface area contributed by atoms with Gasteiger partial charge in [0.25, 0.3) is 5.91 Å². The van der Waals surface area contributed by atoms with Crippen LogP contribution < -0.4 is 15.1 Å². The van der Waals surface area contributed by atoms with Crippen LogP contribution >= 0.6 is 0 Å². The Bertz CT molecular complexity index is 1920. The van der Waals surface area contributed by atoms with Crippen molar-refractivity contribution in [3.8, 4) is 0 Å². The average Bonchev–Trinajstić information content (AvgIpc) is 3.21. The molecular weight excluding hydrogens is 695 g/mol. The summed E-state index contributed by atoms with van der Waals surface area (Å²) >= 11 is 0. The topological polar surface area (TPSA) is 135 Å². The van der Waals surface area contributed by atoms with E-state index in [1.807, 2.05) is 43.1 Å². The Hall–Kier alpha value is -4.65. The van der Waals surface area contributed by atoms with Gasteiger partial charge in [0.1, 0.15) is 5.82 Å². The maximum Gasteiger partial charge on any atom is 0.328 e. The third-order valence-corrected chi connectivity index (χ3v) is 13.5. The second kappa shape index (κ2) is 15.8. The van der Waals surface area contributed by atoms with Gasteiger partial charge in [0.2, 0.25) is 11.8 Å². The van der Waals surface area contributed by atoms with Crippen LogP contribution in [0.4, 0.5) is 16.3 Å². The first-order chi connectivity index (χ1) is 26.6. The largest absolute Gasteiger partial charge is 0.353 e. The zero-order valence-corrected chi connectivity index (χ0v) is 32.5. The van der Waals surface area contributed by atoms with Crippen LogP contribution in [0.25, 0.3) is 10.8 Å². The number of aromatic nitrogens is 3. The quantitative estimate of drug-likeness (QED) is 0.356. The molecule has 4 aliphatic heterocycles. The van der Waals surface area contributed by atoms with Gasteiger partial charge in [0.05, 0.1) is 11.9 Å². The van der Waals surface area contributed by atoms with Gasteiger partial charge >= 0.3 is 6.03 Å². The fourth-order valence-electron chi connectivity index (χ4n) is 9.73. The average molecular weight is 750 g/mol. The molecule has 5 fully saturated rings. The van der Waals surface area contributed by atoms with Crippen LogP contribution in [0.5, 0.6) is 0 Å². The monoisotopic (exact) mass is 749 g/mol. The first-order valence-corrected chi connectivity index (χ1v) is 20.5. The number of nitrogens with zero attached hydrogens (tertiary/aromatic N) is 8. The normalized spacial score (nSPS) is 21.7. The molecule has 3 aromatic rings. The van der Waals surface area contributed by atoms with Crippen LogP contribution in [0.15, 0.2) is 36.7 Å². The van der Waals surface area contributed by atoms with Crippen molar-refractivity contribution in [2.75, 3.05) is 75.2 Å². The molecule has 0 atom stereocenters. The van der Waals surface area contributed by atoms with Crippen molar-refractivity contribution in [2.45, 2.75) is 78.1 Å². The van der Waals surface area contributed by atoms with Crippen LogP contribution in [0.1, 0.15) is 85.8 Å². The Morgan fingerprint density at radius 2 is 1.58 bits per heavy atom. The highest BCUT2D eigenvalue weighted by Gasteiger charge is 2.39. The summed E-state index contributed by atoms with van der Waals surface area (Å²) in [5.41, 5.74) is 3.41. The number of urea groups is 1. The summed E-state index contributed by atoms with van der Waals surface area (Å²) in [5.74, 6) is 1.91. The number of imide groups is 1.